The Morgan fingerprint density at radius 1 is 1.10 bits per heavy atom. The lowest BCUT2D eigenvalue weighted by atomic mass is 10.2. The largest absolute Gasteiger partial charge is 0.478 e. The Bertz CT molecular complexity index is 745. The molecule has 0 saturated carbocycles. The highest BCUT2D eigenvalue weighted by molar-refractivity contribution is 6.04. The number of halogens is 1. The van der Waals surface area contributed by atoms with Gasteiger partial charge < -0.3 is 10.4 Å². The molecule has 0 aliphatic carbocycles. The molecule has 2 aromatic rings. The molecule has 4 nitrogen and oxygen atoms in total. The van der Waals surface area contributed by atoms with Crippen molar-refractivity contribution in [2.45, 2.75) is 0 Å². The van der Waals surface area contributed by atoms with Gasteiger partial charge in [-0.1, -0.05) is 24.1 Å². The van der Waals surface area contributed by atoms with E-state index in [0.29, 0.717) is 5.56 Å². The molecule has 0 atom stereocenters. The van der Waals surface area contributed by atoms with Crippen LogP contribution in [0, 0.1) is 17.7 Å². The average molecular weight is 283 g/mol. The molecule has 1 amide bonds. The van der Waals surface area contributed by atoms with Crippen molar-refractivity contribution in [3.63, 3.8) is 0 Å². The van der Waals surface area contributed by atoms with E-state index in [9.17, 15) is 14.0 Å². The van der Waals surface area contributed by atoms with Crippen LogP contribution in [-0.2, 0) is 4.79 Å². The first-order valence-corrected chi connectivity index (χ1v) is 5.97. The van der Waals surface area contributed by atoms with Crippen LogP contribution >= 0.6 is 0 Å². The molecule has 0 unspecified atom stereocenters. The smallest absolute Gasteiger partial charge is 0.338 e. The summed E-state index contributed by atoms with van der Waals surface area (Å²) < 4.78 is 13.4. The second-order valence-electron chi connectivity index (χ2n) is 4.07. The first kappa shape index (κ1) is 14.3. The summed E-state index contributed by atoms with van der Waals surface area (Å²) in [6, 6.07) is 12.2. The van der Waals surface area contributed by atoms with Crippen molar-refractivity contribution in [3.8, 4) is 11.8 Å². The van der Waals surface area contributed by atoms with Gasteiger partial charge in [0.05, 0.1) is 5.56 Å². The maximum absolute atomic E-state index is 13.4. The number of carbonyl (C=O) groups is 2. The first-order valence-electron chi connectivity index (χ1n) is 5.97. The van der Waals surface area contributed by atoms with E-state index in [1.165, 1.54) is 6.07 Å². The van der Waals surface area contributed by atoms with Crippen molar-refractivity contribution >= 4 is 17.6 Å². The number of anilines is 1. The number of carboxylic acid groups (broad SMARTS) is 1. The molecule has 0 saturated heterocycles. The Kier molecular flexibility index (Phi) is 4.32. The lowest BCUT2D eigenvalue weighted by Gasteiger charge is -2.02. The van der Waals surface area contributed by atoms with Crippen molar-refractivity contribution in [2.24, 2.45) is 0 Å². The molecule has 0 radical (unpaired) electrons. The van der Waals surface area contributed by atoms with Crippen molar-refractivity contribution in [1.29, 1.82) is 0 Å². The first-order chi connectivity index (χ1) is 10.1. The number of hydrogen-bond acceptors (Lipinski definition) is 2. The highest BCUT2D eigenvalue weighted by Gasteiger charge is 2.10. The number of aromatic carboxylic acids is 1. The molecule has 2 rings (SSSR count). The number of benzene rings is 2. The third-order valence-corrected chi connectivity index (χ3v) is 2.55. The molecule has 2 N–H and O–H groups in total. The molecular formula is C16H10FNO3. The van der Waals surface area contributed by atoms with Crippen molar-refractivity contribution in [1.82, 2.24) is 0 Å². The zero-order valence-electron chi connectivity index (χ0n) is 10.8. The summed E-state index contributed by atoms with van der Waals surface area (Å²) in [6.45, 7) is 0. The Morgan fingerprint density at radius 3 is 2.43 bits per heavy atom. The molecule has 0 heterocycles. The fraction of sp³-hybridized carbons (Fsp3) is 0. The van der Waals surface area contributed by atoms with Crippen LogP contribution in [0.15, 0.2) is 48.5 Å². The molecule has 0 aromatic heterocycles. The van der Waals surface area contributed by atoms with Gasteiger partial charge in [-0.25, -0.2) is 9.18 Å². The molecular weight excluding hydrogens is 273 g/mol. The van der Waals surface area contributed by atoms with Crippen molar-refractivity contribution in [2.75, 3.05) is 5.32 Å². The molecule has 0 aliphatic rings. The Labute approximate surface area is 120 Å². The number of nitrogens with one attached hydrogen (secondary N) is 1. The Morgan fingerprint density at radius 2 is 1.81 bits per heavy atom. The Hall–Kier alpha value is -3.13. The van der Waals surface area contributed by atoms with Gasteiger partial charge in [0.25, 0.3) is 0 Å². The number of hydrogen-bond donors (Lipinski definition) is 2. The zero-order chi connectivity index (χ0) is 15.2. The lowest BCUT2D eigenvalue weighted by Crippen LogP contribution is -2.09. The van der Waals surface area contributed by atoms with Crippen LogP contribution < -0.4 is 5.32 Å². The van der Waals surface area contributed by atoms with Gasteiger partial charge in [0.1, 0.15) is 5.82 Å². The monoisotopic (exact) mass is 283 g/mol. The van der Waals surface area contributed by atoms with Gasteiger partial charge >= 0.3 is 11.9 Å². The van der Waals surface area contributed by atoms with Crippen LogP contribution in [-0.4, -0.2) is 17.0 Å². The van der Waals surface area contributed by atoms with E-state index in [1.807, 2.05) is 6.07 Å². The molecule has 21 heavy (non-hydrogen) atoms. The summed E-state index contributed by atoms with van der Waals surface area (Å²) in [6.07, 6.45) is 0. The summed E-state index contributed by atoms with van der Waals surface area (Å²) >= 11 is 0. The van der Waals surface area contributed by atoms with Gasteiger partial charge in [0.15, 0.2) is 0 Å². The quantitative estimate of drug-likeness (QED) is 0.832. The number of carboxylic acids is 1. The molecule has 2 aromatic carbocycles. The summed E-state index contributed by atoms with van der Waals surface area (Å²) in [5, 5.41) is 11.1. The highest BCUT2D eigenvalue weighted by atomic mass is 19.1. The van der Waals surface area contributed by atoms with Crippen LogP contribution in [0.1, 0.15) is 15.9 Å². The third-order valence-electron chi connectivity index (χ3n) is 2.55. The SMILES string of the molecule is O=C(C#Cc1ccccc1)Nc1ccc(C(=O)O)c(F)c1. The van der Waals surface area contributed by atoms with Gasteiger partial charge in [-0.2, -0.15) is 0 Å². The number of amides is 1. The molecule has 0 bridgehead atoms. The molecule has 104 valence electrons. The predicted octanol–water partition coefficient (Wildman–Crippen LogP) is 2.51. The molecule has 5 heteroatoms. The fourth-order valence-corrected chi connectivity index (χ4v) is 1.58. The minimum atomic E-state index is -1.37. The van der Waals surface area contributed by atoms with Crippen LogP contribution in [0.25, 0.3) is 0 Å². The molecule has 0 fully saturated rings. The lowest BCUT2D eigenvalue weighted by molar-refractivity contribution is -0.111. The average Bonchev–Trinajstić information content (AvgIpc) is 2.46. The van der Waals surface area contributed by atoms with E-state index in [4.69, 9.17) is 5.11 Å². The second kappa shape index (κ2) is 6.35. The van der Waals surface area contributed by atoms with E-state index < -0.39 is 23.3 Å². The van der Waals surface area contributed by atoms with Gasteiger partial charge in [-0.15, -0.1) is 0 Å². The predicted molar refractivity (Wildman–Crippen MR) is 75.3 cm³/mol. The molecule has 0 spiro atoms. The van der Waals surface area contributed by atoms with Crippen molar-refractivity contribution < 1.29 is 19.1 Å². The van der Waals surface area contributed by atoms with E-state index in [0.717, 1.165) is 12.1 Å². The summed E-state index contributed by atoms with van der Waals surface area (Å²) in [5.41, 5.74) is 0.369. The topological polar surface area (TPSA) is 66.4 Å². The normalized spacial score (nSPS) is 9.38. The van der Waals surface area contributed by atoms with Crippen molar-refractivity contribution in [3.05, 3.63) is 65.5 Å². The maximum atomic E-state index is 13.4. The molecule has 0 aliphatic heterocycles. The van der Waals surface area contributed by atoms with E-state index in [-0.39, 0.29) is 5.69 Å². The number of rotatable bonds is 2. The van der Waals surface area contributed by atoms with E-state index in [1.54, 1.807) is 24.3 Å². The van der Waals surface area contributed by atoms with Gasteiger partial charge in [-0.05, 0) is 30.3 Å². The van der Waals surface area contributed by atoms with Crippen LogP contribution in [0.4, 0.5) is 10.1 Å². The summed E-state index contributed by atoms with van der Waals surface area (Å²) in [7, 11) is 0. The maximum Gasteiger partial charge on any atom is 0.338 e. The summed E-state index contributed by atoms with van der Waals surface area (Å²) in [5.74, 6) is 2.13. The number of carbonyl (C=O) groups excluding carboxylic acids is 1. The fourth-order valence-electron chi connectivity index (χ4n) is 1.58. The van der Waals surface area contributed by atoms with Crippen LogP contribution in [0.3, 0.4) is 0 Å². The minimum absolute atomic E-state index is 0.143. The van der Waals surface area contributed by atoms with Crippen LogP contribution in [0.2, 0.25) is 0 Å². The Balaban J connectivity index is 2.09. The third kappa shape index (κ3) is 3.91. The second-order valence-corrected chi connectivity index (χ2v) is 4.07. The standard InChI is InChI=1S/C16H10FNO3/c17-14-10-12(7-8-13(14)16(20)21)18-15(19)9-6-11-4-2-1-3-5-11/h1-5,7-8,10H,(H,18,19)(H,20,21). The van der Waals surface area contributed by atoms with E-state index in [2.05, 4.69) is 17.2 Å². The summed E-state index contributed by atoms with van der Waals surface area (Å²) in [4.78, 5) is 22.3. The van der Waals surface area contributed by atoms with E-state index >= 15 is 0 Å². The van der Waals surface area contributed by atoms with Gasteiger partial charge in [-0.3, -0.25) is 4.79 Å². The van der Waals surface area contributed by atoms with Gasteiger partial charge in [0, 0.05) is 17.2 Å². The zero-order valence-corrected chi connectivity index (χ0v) is 10.8. The minimum Gasteiger partial charge on any atom is -0.478 e. The van der Waals surface area contributed by atoms with Crippen LogP contribution in [0.5, 0.6) is 0 Å². The highest BCUT2D eigenvalue weighted by Crippen LogP contribution is 2.14. The van der Waals surface area contributed by atoms with Gasteiger partial charge in [0.2, 0.25) is 0 Å².